The Morgan fingerprint density at radius 1 is 1.05 bits per heavy atom. The van der Waals surface area contributed by atoms with E-state index in [0.29, 0.717) is 0 Å². The van der Waals surface area contributed by atoms with Crippen LogP contribution >= 0.6 is 0 Å². The van der Waals surface area contributed by atoms with E-state index in [-0.39, 0.29) is 0 Å². The summed E-state index contributed by atoms with van der Waals surface area (Å²) >= 11 is 0. The highest BCUT2D eigenvalue weighted by Crippen LogP contribution is 2.44. The second-order valence-corrected chi connectivity index (χ2v) is 5.05. The molecule has 1 atom stereocenters. The van der Waals surface area contributed by atoms with Gasteiger partial charge in [0.25, 0.3) is 0 Å². The van der Waals surface area contributed by atoms with Crippen LogP contribution in [0.5, 0.6) is 0 Å². The summed E-state index contributed by atoms with van der Waals surface area (Å²) in [5, 5.41) is 19.4. The summed E-state index contributed by atoms with van der Waals surface area (Å²) in [6, 6.07) is 4.43. The first-order valence-corrected chi connectivity index (χ1v) is 5.55. The molecular formula is C13H15F3O3. The molecule has 0 saturated carbocycles. The van der Waals surface area contributed by atoms with Crippen LogP contribution in [-0.2, 0) is 16.6 Å². The molecule has 1 aromatic carbocycles. The van der Waals surface area contributed by atoms with Gasteiger partial charge in [-0.1, -0.05) is 18.2 Å². The van der Waals surface area contributed by atoms with E-state index < -0.39 is 34.3 Å². The van der Waals surface area contributed by atoms with Crippen molar-refractivity contribution in [2.75, 3.05) is 0 Å². The van der Waals surface area contributed by atoms with Gasteiger partial charge in [-0.2, -0.15) is 13.2 Å². The van der Waals surface area contributed by atoms with Gasteiger partial charge in [0.05, 0.1) is 11.0 Å². The van der Waals surface area contributed by atoms with Crippen molar-refractivity contribution < 1.29 is 28.2 Å². The van der Waals surface area contributed by atoms with E-state index in [2.05, 4.69) is 0 Å². The summed E-state index contributed by atoms with van der Waals surface area (Å²) < 4.78 is 38.7. The Hall–Kier alpha value is -1.56. The van der Waals surface area contributed by atoms with Gasteiger partial charge in [-0.05, 0) is 32.4 Å². The van der Waals surface area contributed by atoms with Crippen LogP contribution in [0.1, 0.15) is 31.9 Å². The lowest BCUT2D eigenvalue weighted by atomic mass is 9.71. The first kappa shape index (κ1) is 15.5. The second-order valence-electron chi connectivity index (χ2n) is 5.05. The first-order valence-electron chi connectivity index (χ1n) is 5.55. The standard InChI is InChI=1S/C13H15F3O3/c1-11(2,10(17)18)12(3,19)8-6-4-5-7-9(8)13(14,15)16/h4-7,19H,1-3H3,(H,17,18). The third kappa shape index (κ3) is 2.58. The average molecular weight is 276 g/mol. The van der Waals surface area contributed by atoms with Gasteiger partial charge in [0.15, 0.2) is 0 Å². The molecule has 1 aromatic rings. The molecule has 0 amide bonds. The Bertz CT molecular complexity index is 490. The molecule has 19 heavy (non-hydrogen) atoms. The van der Waals surface area contributed by atoms with Crippen molar-refractivity contribution in [3.63, 3.8) is 0 Å². The Labute approximate surface area is 108 Å². The maximum Gasteiger partial charge on any atom is 0.416 e. The molecular weight excluding hydrogens is 261 g/mol. The lowest BCUT2D eigenvalue weighted by molar-refractivity contribution is -0.167. The maximum absolute atomic E-state index is 12.9. The summed E-state index contributed by atoms with van der Waals surface area (Å²) in [5.74, 6) is -1.38. The Morgan fingerprint density at radius 2 is 1.47 bits per heavy atom. The van der Waals surface area contributed by atoms with Gasteiger partial charge >= 0.3 is 12.1 Å². The molecule has 0 aromatic heterocycles. The minimum absolute atomic E-state index is 0.449. The van der Waals surface area contributed by atoms with E-state index in [4.69, 9.17) is 5.11 Å². The summed E-state index contributed by atoms with van der Waals surface area (Å²) in [6.45, 7) is 3.44. The van der Waals surface area contributed by atoms with Crippen molar-refractivity contribution in [2.24, 2.45) is 5.41 Å². The van der Waals surface area contributed by atoms with Crippen LogP contribution in [0.15, 0.2) is 24.3 Å². The number of carboxylic acid groups (broad SMARTS) is 1. The van der Waals surface area contributed by atoms with Crippen molar-refractivity contribution in [1.82, 2.24) is 0 Å². The first-order chi connectivity index (χ1) is 8.42. The van der Waals surface area contributed by atoms with Crippen LogP contribution < -0.4 is 0 Å². The van der Waals surface area contributed by atoms with E-state index in [1.165, 1.54) is 26.0 Å². The van der Waals surface area contributed by atoms with Gasteiger partial charge in [0.1, 0.15) is 5.60 Å². The largest absolute Gasteiger partial charge is 0.481 e. The smallest absolute Gasteiger partial charge is 0.416 e. The molecule has 0 fully saturated rings. The summed E-state index contributed by atoms with van der Waals surface area (Å²) in [5.41, 5.74) is -5.41. The quantitative estimate of drug-likeness (QED) is 0.892. The molecule has 0 spiro atoms. The fraction of sp³-hybridized carbons (Fsp3) is 0.462. The molecule has 2 N–H and O–H groups in total. The predicted octanol–water partition coefficient (Wildman–Crippen LogP) is 3.02. The predicted molar refractivity (Wildman–Crippen MR) is 62.4 cm³/mol. The molecule has 0 aliphatic heterocycles. The molecule has 3 nitrogen and oxygen atoms in total. The summed E-state index contributed by atoms with van der Waals surface area (Å²) in [4.78, 5) is 11.2. The molecule has 0 aliphatic rings. The fourth-order valence-electron chi connectivity index (χ4n) is 1.70. The highest BCUT2D eigenvalue weighted by atomic mass is 19.4. The molecule has 6 heteroatoms. The zero-order valence-electron chi connectivity index (χ0n) is 10.7. The van der Waals surface area contributed by atoms with E-state index in [9.17, 15) is 23.1 Å². The van der Waals surface area contributed by atoms with Crippen molar-refractivity contribution in [3.05, 3.63) is 35.4 Å². The molecule has 106 valence electrons. The number of aliphatic carboxylic acids is 1. The molecule has 0 bridgehead atoms. The van der Waals surface area contributed by atoms with Crippen molar-refractivity contribution in [2.45, 2.75) is 32.5 Å². The lowest BCUT2D eigenvalue weighted by Gasteiger charge is -2.38. The number of hydrogen-bond donors (Lipinski definition) is 2. The van der Waals surface area contributed by atoms with Gasteiger partial charge in [-0.3, -0.25) is 4.79 Å². The van der Waals surface area contributed by atoms with E-state index >= 15 is 0 Å². The number of carboxylic acids is 1. The highest BCUT2D eigenvalue weighted by Gasteiger charge is 2.50. The highest BCUT2D eigenvalue weighted by molar-refractivity contribution is 5.75. The summed E-state index contributed by atoms with van der Waals surface area (Å²) in [6.07, 6.45) is -4.66. The number of rotatable bonds is 3. The minimum atomic E-state index is -4.66. The van der Waals surface area contributed by atoms with Gasteiger partial charge in [0, 0.05) is 0 Å². The number of alkyl halides is 3. The molecule has 0 saturated heterocycles. The number of carbonyl (C=O) groups is 1. The van der Waals surface area contributed by atoms with E-state index in [0.717, 1.165) is 19.1 Å². The number of halogens is 3. The van der Waals surface area contributed by atoms with Gasteiger partial charge in [-0.15, -0.1) is 0 Å². The van der Waals surface area contributed by atoms with Crippen LogP contribution in [0.4, 0.5) is 13.2 Å². The average Bonchev–Trinajstić information content (AvgIpc) is 2.27. The molecule has 0 heterocycles. The van der Waals surface area contributed by atoms with Crippen molar-refractivity contribution >= 4 is 5.97 Å². The SMILES string of the molecule is CC(C)(C(=O)O)C(C)(O)c1ccccc1C(F)(F)F. The second kappa shape index (κ2) is 4.52. The monoisotopic (exact) mass is 276 g/mol. The molecule has 0 radical (unpaired) electrons. The van der Waals surface area contributed by atoms with Crippen molar-refractivity contribution in [3.8, 4) is 0 Å². The molecule has 1 unspecified atom stereocenters. The summed E-state index contributed by atoms with van der Waals surface area (Å²) in [7, 11) is 0. The maximum atomic E-state index is 12.9. The van der Waals surface area contributed by atoms with E-state index in [1.807, 2.05) is 0 Å². The number of benzene rings is 1. The molecule has 1 rings (SSSR count). The third-order valence-corrected chi connectivity index (χ3v) is 3.51. The zero-order valence-corrected chi connectivity index (χ0v) is 10.7. The number of hydrogen-bond acceptors (Lipinski definition) is 2. The van der Waals surface area contributed by atoms with Gasteiger partial charge < -0.3 is 10.2 Å². The topological polar surface area (TPSA) is 57.5 Å². The third-order valence-electron chi connectivity index (χ3n) is 3.51. The lowest BCUT2D eigenvalue weighted by Crippen LogP contribution is -2.46. The van der Waals surface area contributed by atoms with Gasteiger partial charge in [0.2, 0.25) is 0 Å². The van der Waals surface area contributed by atoms with Crippen LogP contribution in [0.25, 0.3) is 0 Å². The normalized spacial score (nSPS) is 15.9. The van der Waals surface area contributed by atoms with Crippen LogP contribution in [0.3, 0.4) is 0 Å². The van der Waals surface area contributed by atoms with E-state index in [1.54, 1.807) is 0 Å². The Morgan fingerprint density at radius 3 is 1.84 bits per heavy atom. The van der Waals surface area contributed by atoms with Gasteiger partial charge in [-0.25, -0.2) is 0 Å². The Kier molecular flexibility index (Phi) is 3.69. The van der Waals surface area contributed by atoms with Crippen LogP contribution in [-0.4, -0.2) is 16.2 Å². The Balaban J connectivity index is 3.50. The fourth-order valence-corrected chi connectivity index (χ4v) is 1.70. The van der Waals surface area contributed by atoms with Crippen LogP contribution in [0.2, 0.25) is 0 Å². The van der Waals surface area contributed by atoms with Crippen molar-refractivity contribution in [1.29, 1.82) is 0 Å². The van der Waals surface area contributed by atoms with Crippen LogP contribution in [0, 0.1) is 5.41 Å². The minimum Gasteiger partial charge on any atom is -0.481 e. The zero-order chi connectivity index (χ0) is 15.1. The molecule has 0 aliphatic carbocycles. The number of aliphatic hydroxyl groups is 1.